The molecule has 0 aliphatic rings. The van der Waals surface area contributed by atoms with Crippen molar-refractivity contribution in [1.82, 2.24) is 14.7 Å². The second kappa shape index (κ2) is 6.80. The molecule has 3 aromatic rings. The van der Waals surface area contributed by atoms with Crippen LogP contribution in [0.1, 0.15) is 25.2 Å². The Kier molecular flexibility index (Phi) is 4.20. The first kappa shape index (κ1) is 15.4. The molecule has 3 rings (SSSR count). The Hall–Kier alpha value is -3.09. The van der Waals surface area contributed by atoms with E-state index in [4.69, 9.17) is 11.8 Å². The van der Waals surface area contributed by atoms with Crippen molar-refractivity contribution in [1.29, 1.82) is 0 Å². The molecule has 0 spiro atoms. The third kappa shape index (κ3) is 2.88. The summed E-state index contributed by atoms with van der Waals surface area (Å²) in [6.07, 6.45) is 2.43. The average molecular weight is 343 g/mol. The Balaban J connectivity index is 2.24. The van der Waals surface area contributed by atoms with Crippen LogP contribution in [0.15, 0.2) is 36.5 Å². The molecule has 1 aromatic carbocycles. The van der Waals surface area contributed by atoms with Crippen molar-refractivity contribution in [3.05, 3.63) is 48.0 Å². The van der Waals surface area contributed by atoms with Gasteiger partial charge in [-0.05, 0) is 30.7 Å². The smallest absolute Gasteiger partial charge is 0.273 e. The summed E-state index contributed by atoms with van der Waals surface area (Å²) < 4.78 is 29.2. The first-order valence-electron chi connectivity index (χ1n) is 8.37. The lowest BCUT2D eigenvalue weighted by Gasteiger charge is -2.10. The van der Waals surface area contributed by atoms with Gasteiger partial charge < -0.3 is 15.8 Å². The van der Waals surface area contributed by atoms with Crippen molar-refractivity contribution >= 4 is 17.4 Å². The van der Waals surface area contributed by atoms with Crippen LogP contribution in [0.5, 0.6) is 5.75 Å². The fraction of sp³-hybridized carbons (Fsp3) is 0.222. The molecule has 0 radical (unpaired) electrons. The van der Waals surface area contributed by atoms with Gasteiger partial charge in [0.25, 0.3) is 5.91 Å². The first-order chi connectivity index (χ1) is 12.5. The topological polar surface area (TPSA) is 81.6 Å². The minimum absolute atomic E-state index is 0.0762. The summed E-state index contributed by atoms with van der Waals surface area (Å²) in [6.45, 7) is 2.44. The number of hydrogen-bond donors (Lipinski definition) is 2. The minimum atomic E-state index is -0.726. The molecule has 2 heterocycles. The lowest BCUT2D eigenvalue weighted by molar-refractivity contribution is 0.0950. The summed E-state index contributed by atoms with van der Waals surface area (Å²) >= 11 is 0. The summed E-state index contributed by atoms with van der Waals surface area (Å²) in [6, 6.07) is 5.90. The molecule has 130 valence electrons. The molecule has 0 unspecified atom stereocenters. The minimum Gasteiger partial charge on any atom is -0.496 e. The van der Waals surface area contributed by atoms with Crippen molar-refractivity contribution in [2.75, 3.05) is 19.4 Å². The number of ether oxygens (including phenoxy) is 1. The number of carbonyl (C=O) groups excluding carboxylic acids is 1. The number of anilines is 1. The number of fused-ring (bicyclic) bond motifs is 1. The second-order valence-corrected chi connectivity index (χ2v) is 5.45. The number of nitrogen functional groups attached to an aromatic ring is 1. The fourth-order valence-corrected chi connectivity index (χ4v) is 2.65. The highest BCUT2D eigenvalue weighted by Gasteiger charge is 2.21. The van der Waals surface area contributed by atoms with E-state index in [1.807, 2.05) is 6.92 Å². The van der Waals surface area contributed by atoms with E-state index in [1.165, 1.54) is 23.6 Å². The summed E-state index contributed by atoms with van der Waals surface area (Å²) in [4.78, 5) is 16.6. The molecule has 0 bridgehead atoms. The zero-order chi connectivity index (χ0) is 18.8. The number of aromatic nitrogens is 2. The van der Waals surface area contributed by atoms with Crippen LogP contribution in [0.3, 0.4) is 0 Å². The number of nitrogens with zero attached hydrogens (tertiary/aromatic N) is 2. The third-order valence-electron chi connectivity index (χ3n) is 3.84. The lowest BCUT2D eigenvalue weighted by Crippen LogP contribution is -2.25. The normalized spacial score (nSPS) is 11.4. The Morgan fingerprint density at radius 1 is 1.48 bits per heavy atom. The number of halogens is 1. The second-order valence-electron chi connectivity index (χ2n) is 5.45. The molecule has 3 N–H and O–H groups in total. The predicted molar refractivity (Wildman–Crippen MR) is 94.2 cm³/mol. The monoisotopic (exact) mass is 343 g/mol. The van der Waals surface area contributed by atoms with Crippen LogP contribution in [-0.4, -0.2) is 28.9 Å². The maximum absolute atomic E-state index is 14.7. The van der Waals surface area contributed by atoms with E-state index in [0.717, 1.165) is 6.42 Å². The Morgan fingerprint density at radius 2 is 2.28 bits per heavy atom. The number of hydrogen-bond acceptors (Lipinski definition) is 4. The van der Waals surface area contributed by atoms with Gasteiger partial charge in [0.15, 0.2) is 5.69 Å². The number of benzene rings is 1. The van der Waals surface area contributed by atoms with E-state index in [0.29, 0.717) is 17.8 Å². The van der Waals surface area contributed by atoms with Crippen molar-refractivity contribution in [3.8, 4) is 16.9 Å². The highest BCUT2D eigenvalue weighted by atomic mass is 19.1. The van der Waals surface area contributed by atoms with Gasteiger partial charge in [0.05, 0.1) is 14.0 Å². The first-order valence-corrected chi connectivity index (χ1v) is 7.87. The zero-order valence-electron chi connectivity index (χ0n) is 15.0. The SMILES string of the molecule is [2H]c1ccc(OC)c(-c2cccn3c(N)c(C(=O)NCCC)nc23)c1F. The van der Waals surface area contributed by atoms with Gasteiger partial charge in [-0.1, -0.05) is 13.0 Å². The summed E-state index contributed by atoms with van der Waals surface area (Å²) in [5.74, 6) is -0.682. The molecule has 25 heavy (non-hydrogen) atoms. The number of methoxy groups -OCH3 is 1. The number of nitrogens with one attached hydrogen (secondary N) is 1. The number of pyridine rings is 1. The molecule has 1 amide bonds. The van der Waals surface area contributed by atoms with Crippen LogP contribution < -0.4 is 15.8 Å². The average Bonchev–Trinajstić information content (AvgIpc) is 2.99. The number of nitrogens with two attached hydrogens (primary N) is 1. The summed E-state index contributed by atoms with van der Waals surface area (Å²) in [5, 5.41) is 2.73. The molecule has 0 aliphatic heterocycles. The number of imidazole rings is 1. The van der Waals surface area contributed by atoms with Crippen molar-refractivity contribution in [2.24, 2.45) is 0 Å². The van der Waals surface area contributed by atoms with E-state index in [9.17, 15) is 9.18 Å². The van der Waals surface area contributed by atoms with E-state index >= 15 is 0 Å². The Morgan fingerprint density at radius 3 is 3.00 bits per heavy atom. The van der Waals surface area contributed by atoms with Gasteiger partial charge in [0.2, 0.25) is 0 Å². The molecular formula is C18H19FN4O2. The van der Waals surface area contributed by atoms with Crippen molar-refractivity contribution in [3.63, 3.8) is 0 Å². The maximum Gasteiger partial charge on any atom is 0.273 e. The highest BCUT2D eigenvalue weighted by molar-refractivity contribution is 5.99. The molecule has 0 atom stereocenters. The summed E-state index contributed by atoms with van der Waals surface area (Å²) in [7, 11) is 1.42. The molecule has 0 saturated carbocycles. The van der Waals surface area contributed by atoms with Gasteiger partial charge in [-0.15, -0.1) is 0 Å². The van der Waals surface area contributed by atoms with Crippen LogP contribution >= 0.6 is 0 Å². The van der Waals surface area contributed by atoms with E-state index in [2.05, 4.69) is 10.3 Å². The Bertz CT molecular complexity index is 987. The molecule has 0 saturated heterocycles. The molecule has 0 fully saturated rings. The number of rotatable bonds is 5. The molecule has 7 heteroatoms. The van der Waals surface area contributed by atoms with Crippen LogP contribution in [0.25, 0.3) is 16.8 Å². The largest absolute Gasteiger partial charge is 0.496 e. The van der Waals surface area contributed by atoms with Gasteiger partial charge in [0, 0.05) is 18.3 Å². The van der Waals surface area contributed by atoms with Crippen molar-refractivity contribution < 1.29 is 15.3 Å². The van der Waals surface area contributed by atoms with E-state index in [1.54, 1.807) is 18.3 Å². The van der Waals surface area contributed by atoms with Crippen molar-refractivity contribution in [2.45, 2.75) is 13.3 Å². The van der Waals surface area contributed by atoms with Gasteiger partial charge in [-0.3, -0.25) is 9.20 Å². The van der Waals surface area contributed by atoms with Gasteiger partial charge in [-0.25, -0.2) is 9.37 Å². The van der Waals surface area contributed by atoms with Crippen LogP contribution in [0, 0.1) is 5.82 Å². The third-order valence-corrected chi connectivity index (χ3v) is 3.84. The van der Waals surface area contributed by atoms with Gasteiger partial charge >= 0.3 is 0 Å². The maximum atomic E-state index is 14.7. The molecular weight excluding hydrogens is 323 g/mol. The van der Waals surface area contributed by atoms with Crippen LogP contribution in [-0.2, 0) is 0 Å². The van der Waals surface area contributed by atoms with Crippen LogP contribution in [0.4, 0.5) is 10.2 Å². The molecule has 2 aromatic heterocycles. The lowest BCUT2D eigenvalue weighted by atomic mass is 10.1. The zero-order valence-corrected chi connectivity index (χ0v) is 14.0. The Labute approximate surface area is 145 Å². The number of amides is 1. The van der Waals surface area contributed by atoms with Crippen LogP contribution in [0.2, 0.25) is 0 Å². The van der Waals surface area contributed by atoms with E-state index in [-0.39, 0.29) is 34.8 Å². The summed E-state index contributed by atoms with van der Waals surface area (Å²) in [5.41, 5.74) is 6.96. The number of carbonyl (C=O) groups is 1. The fourth-order valence-electron chi connectivity index (χ4n) is 2.65. The molecule has 6 nitrogen and oxygen atoms in total. The molecule has 0 aliphatic carbocycles. The predicted octanol–water partition coefficient (Wildman–Crippen LogP) is 2.87. The standard InChI is InChI=1S/C18H19FN4O2/c1-3-9-21-18(24)15-16(20)23-10-5-6-11(17(23)22-15)14-12(19)7-4-8-13(14)25-2/h4-8,10H,3,9,20H2,1-2H3,(H,21,24)/i7D. The quantitative estimate of drug-likeness (QED) is 0.746. The van der Waals surface area contributed by atoms with E-state index < -0.39 is 5.82 Å². The van der Waals surface area contributed by atoms with Gasteiger partial charge in [-0.2, -0.15) is 0 Å². The highest BCUT2D eigenvalue weighted by Crippen LogP contribution is 2.35. The van der Waals surface area contributed by atoms with Gasteiger partial charge in [0.1, 0.15) is 23.0 Å².